The Kier molecular flexibility index (Phi) is 5.33. The highest BCUT2D eigenvalue weighted by Gasteiger charge is 2.15. The molecule has 118 valence electrons. The largest absolute Gasteiger partial charge is 0.494 e. The van der Waals surface area contributed by atoms with Gasteiger partial charge in [0.25, 0.3) is 5.56 Å². The zero-order chi connectivity index (χ0) is 16.1. The molecule has 0 amide bonds. The first-order valence-electron chi connectivity index (χ1n) is 7.63. The summed E-state index contributed by atoms with van der Waals surface area (Å²) in [6.45, 7) is 7.04. The van der Waals surface area contributed by atoms with Crippen molar-refractivity contribution in [3.63, 3.8) is 0 Å². The highest BCUT2D eigenvalue weighted by Crippen LogP contribution is 2.20. The molecule has 22 heavy (non-hydrogen) atoms. The van der Waals surface area contributed by atoms with Gasteiger partial charge in [0, 0.05) is 12.1 Å². The number of nitrogens with two attached hydrogens (primary N) is 1. The SMILES string of the molecule is CCCOc1ccc(C(N)c2cc(C)nn(CC)c2=O)cc1. The number of rotatable bonds is 6. The molecule has 1 heterocycles. The standard InChI is InChI=1S/C17H23N3O2/c1-4-10-22-14-8-6-13(7-9-14)16(18)15-11-12(3)19-20(5-2)17(15)21/h6-9,11,16H,4-5,10,18H2,1-3H3. The van der Waals surface area contributed by atoms with E-state index in [2.05, 4.69) is 12.0 Å². The van der Waals surface area contributed by atoms with Crippen LogP contribution >= 0.6 is 0 Å². The van der Waals surface area contributed by atoms with Crippen molar-refractivity contribution in [2.45, 2.75) is 39.8 Å². The third-order valence-electron chi connectivity index (χ3n) is 3.47. The summed E-state index contributed by atoms with van der Waals surface area (Å²) < 4.78 is 7.01. The topological polar surface area (TPSA) is 70.1 Å². The van der Waals surface area contributed by atoms with E-state index in [1.807, 2.05) is 38.1 Å². The van der Waals surface area contributed by atoms with Crippen molar-refractivity contribution in [1.29, 1.82) is 0 Å². The quantitative estimate of drug-likeness (QED) is 0.889. The molecule has 5 heteroatoms. The molecule has 1 unspecified atom stereocenters. The highest BCUT2D eigenvalue weighted by molar-refractivity contribution is 5.34. The normalized spacial score (nSPS) is 12.2. The van der Waals surface area contributed by atoms with Crippen molar-refractivity contribution >= 4 is 0 Å². The minimum absolute atomic E-state index is 0.132. The van der Waals surface area contributed by atoms with Gasteiger partial charge in [-0.1, -0.05) is 19.1 Å². The minimum Gasteiger partial charge on any atom is -0.494 e. The van der Waals surface area contributed by atoms with Crippen molar-refractivity contribution in [2.75, 3.05) is 6.61 Å². The molecule has 0 radical (unpaired) electrons. The van der Waals surface area contributed by atoms with E-state index in [1.165, 1.54) is 4.68 Å². The Morgan fingerprint density at radius 2 is 1.95 bits per heavy atom. The maximum Gasteiger partial charge on any atom is 0.271 e. The van der Waals surface area contributed by atoms with Crippen LogP contribution in [0, 0.1) is 6.92 Å². The van der Waals surface area contributed by atoms with Crippen LogP contribution in [0.5, 0.6) is 5.75 Å². The van der Waals surface area contributed by atoms with E-state index in [1.54, 1.807) is 6.07 Å². The van der Waals surface area contributed by atoms with E-state index in [0.717, 1.165) is 23.4 Å². The lowest BCUT2D eigenvalue weighted by molar-refractivity contribution is 0.317. The summed E-state index contributed by atoms with van der Waals surface area (Å²) in [4.78, 5) is 12.4. The average molecular weight is 301 g/mol. The second-order valence-corrected chi connectivity index (χ2v) is 5.26. The van der Waals surface area contributed by atoms with Crippen LogP contribution in [0.15, 0.2) is 35.1 Å². The molecule has 2 aromatic rings. The van der Waals surface area contributed by atoms with Crippen molar-refractivity contribution in [2.24, 2.45) is 5.73 Å². The van der Waals surface area contributed by atoms with Gasteiger partial charge in [0.15, 0.2) is 0 Å². The monoisotopic (exact) mass is 301 g/mol. The number of aromatic nitrogens is 2. The molecule has 0 saturated heterocycles. The first kappa shape index (κ1) is 16.2. The van der Waals surface area contributed by atoms with Gasteiger partial charge in [-0.15, -0.1) is 0 Å². The van der Waals surface area contributed by atoms with Crippen LogP contribution in [-0.4, -0.2) is 16.4 Å². The lowest BCUT2D eigenvalue weighted by Gasteiger charge is -2.15. The first-order chi connectivity index (χ1) is 10.6. The Morgan fingerprint density at radius 1 is 1.27 bits per heavy atom. The molecule has 0 fully saturated rings. The van der Waals surface area contributed by atoms with Crippen molar-refractivity contribution < 1.29 is 4.74 Å². The van der Waals surface area contributed by atoms with E-state index in [4.69, 9.17) is 10.5 Å². The zero-order valence-electron chi connectivity index (χ0n) is 13.4. The van der Waals surface area contributed by atoms with E-state index >= 15 is 0 Å². The molecule has 5 nitrogen and oxygen atoms in total. The van der Waals surface area contributed by atoms with Crippen molar-refractivity contribution in [3.05, 3.63) is 57.5 Å². The molecule has 0 spiro atoms. The van der Waals surface area contributed by atoms with Gasteiger partial charge < -0.3 is 10.5 Å². The molecule has 0 aliphatic rings. The second kappa shape index (κ2) is 7.22. The third-order valence-corrected chi connectivity index (χ3v) is 3.47. The maximum atomic E-state index is 12.4. The van der Waals surface area contributed by atoms with E-state index in [0.29, 0.717) is 18.7 Å². The second-order valence-electron chi connectivity index (χ2n) is 5.26. The molecule has 1 aromatic carbocycles. The molecule has 1 atom stereocenters. The number of benzene rings is 1. The van der Waals surface area contributed by atoms with Gasteiger partial charge in [0.1, 0.15) is 5.75 Å². The summed E-state index contributed by atoms with van der Waals surface area (Å²) in [5.74, 6) is 0.815. The number of nitrogens with zero attached hydrogens (tertiary/aromatic N) is 2. The van der Waals surface area contributed by atoms with Gasteiger partial charge >= 0.3 is 0 Å². The lowest BCUT2D eigenvalue weighted by Crippen LogP contribution is -2.30. The van der Waals surface area contributed by atoms with Gasteiger partial charge in [-0.3, -0.25) is 4.79 Å². The van der Waals surface area contributed by atoms with Crippen LogP contribution in [-0.2, 0) is 6.54 Å². The number of aryl methyl sites for hydroxylation is 2. The van der Waals surface area contributed by atoms with Crippen LogP contribution in [0.25, 0.3) is 0 Å². The fourth-order valence-electron chi connectivity index (χ4n) is 2.31. The maximum absolute atomic E-state index is 12.4. The third kappa shape index (κ3) is 3.54. The lowest BCUT2D eigenvalue weighted by atomic mass is 10.0. The fourth-order valence-corrected chi connectivity index (χ4v) is 2.31. The number of hydrogen-bond acceptors (Lipinski definition) is 4. The molecular formula is C17H23N3O2. The van der Waals surface area contributed by atoms with E-state index in [-0.39, 0.29) is 5.56 Å². The average Bonchev–Trinajstić information content (AvgIpc) is 2.54. The molecular weight excluding hydrogens is 278 g/mol. The molecule has 0 bridgehead atoms. The van der Waals surface area contributed by atoms with E-state index in [9.17, 15) is 4.79 Å². The summed E-state index contributed by atoms with van der Waals surface area (Å²) in [7, 11) is 0. The molecule has 1 aromatic heterocycles. The van der Waals surface area contributed by atoms with Crippen molar-refractivity contribution in [1.82, 2.24) is 9.78 Å². The molecule has 0 aliphatic carbocycles. The van der Waals surface area contributed by atoms with Crippen LogP contribution in [0.3, 0.4) is 0 Å². The van der Waals surface area contributed by atoms with Gasteiger partial charge in [-0.25, -0.2) is 4.68 Å². The van der Waals surface area contributed by atoms with Crippen LogP contribution in [0.2, 0.25) is 0 Å². The van der Waals surface area contributed by atoms with Crippen LogP contribution in [0.1, 0.15) is 43.1 Å². The van der Waals surface area contributed by atoms with Crippen LogP contribution in [0.4, 0.5) is 0 Å². The Labute approximate surface area is 130 Å². The van der Waals surface area contributed by atoms with Crippen molar-refractivity contribution in [3.8, 4) is 5.75 Å². The first-order valence-corrected chi connectivity index (χ1v) is 7.63. The van der Waals surface area contributed by atoms with Gasteiger partial charge in [-0.2, -0.15) is 5.10 Å². The van der Waals surface area contributed by atoms with Gasteiger partial charge in [0.05, 0.1) is 18.3 Å². The minimum atomic E-state index is -0.466. The zero-order valence-corrected chi connectivity index (χ0v) is 13.4. The Bertz CT molecular complexity index is 677. The summed E-state index contributed by atoms with van der Waals surface area (Å²) >= 11 is 0. The predicted molar refractivity (Wildman–Crippen MR) is 87.2 cm³/mol. The summed E-state index contributed by atoms with van der Waals surface area (Å²) in [5.41, 5.74) is 8.38. The summed E-state index contributed by atoms with van der Waals surface area (Å²) in [6, 6.07) is 8.88. The summed E-state index contributed by atoms with van der Waals surface area (Å²) in [6.07, 6.45) is 0.966. The highest BCUT2D eigenvalue weighted by atomic mass is 16.5. The molecule has 2 N–H and O–H groups in total. The summed E-state index contributed by atoms with van der Waals surface area (Å²) in [5, 5.41) is 4.20. The van der Waals surface area contributed by atoms with E-state index < -0.39 is 6.04 Å². The van der Waals surface area contributed by atoms with Gasteiger partial charge in [-0.05, 0) is 44.0 Å². The molecule has 0 aliphatic heterocycles. The fraction of sp³-hybridized carbons (Fsp3) is 0.412. The number of ether oxygens (including phenoxy) is 1. The Morgan fingerprint density at radius 3 is 2.55 bits per heavy atom. The molecule has 2 rings (SSSR count). The molecule has 0 saturated carbocycles. The van der Waals surface area contributed by atoms with Crippen LogP contribution < -0.4 is 16.0 Å². The predicted octanol–water partition coefficient (Wildman–Crippen LogP) is 2.41. The smallest absolute Gasteiger partial charge is 0.271 e. The van der Waals surface area contributed by atoms with Gasteiger partial charge in [0.2, 0.25) is 0 Å². The number of hydrogen-bond donors (Lipinski definition) is 1. The Balaban J connectivity index is 2.30. The Hall–Kier alpha value is -2.14.